The van der Waals surface area contributed by atoms with Crippen LogP contribution in [0.3, 0.4) is 0 Å². The third-order valence-electron chi connectivity index (χ3n) is 7.27. The molecule has 0 aromatic heterocycles. The standard InChI is InChI=1S/C31H39ClN2O5/c1-5-26-20-28-23(2)39-22-25-14-15-27(32)19-24(25)13-9-12-18-34(28)17-11-8-6-7-10-16-33(3)29(35)21-31(26,37)30(36)38-4/h1,6-7,14-15,19-20,37H,8-13,16-18,21-22H2,2-4H3/b7-6-,26-20+,28-23-/t31-/m1/s1. The predicted molar refractivity (Wildman–Crippen MR) is 153 cm³/mol. The monoisotopic (exact) mass is 554 g/mol. The molecule has 1 amide bonds. The SMILES string of the molecule is C#C/C1=C\C2=C(/C)OCc3ccc(Cl)cc3CCCCN2CCC/C=C\CCN(C)C(=O)C[C@]1(O)C(=O)OC. The number of benzene rings is 1. The van der Waals surface area contributed by atoms with Crippen LogP contribution in [0.5, 0.6) is 0 Å². The van der Waals surface area contributed by atoms with Crippen molar-refractivity contribution in [2.45, 2.75) is 64.1 Å². The fourth-order valence-corrected chi connectivity index (χ4v) is 5.05. The minimum Gasteiger partial charge on any atom is -0.491 e. The molecular weight excluding hydrogens is 516 g/mol. The summed E-state index contributed by atoms with van der Waals surface area (Å²) in [4.78, 5) is 29.6. The highest BCUT2D eigenvalue weighted by Crippen LogP contribution is 2.29. The highest BCUT2D eigenvalue weighted by molar-refractivity contribution is 6.30. The molecule has 2 aliphatic rings. The van der Waals surface area contributed by atoms with Crippen molar-refractivity contribution in [1.29, 1.82) is 0 Å². The summed E-state index contributed by atoms with van der Waals surface area (Å²) in [5.74, 6) is 1.69. The van der Waals surface area contributed by atoms with E-state index in [9.17, 15) is 14.7 Å². The summed E-state index contributed by atoms with van der Waals surface area (Å²) in [6.07, 6.45) is 16.3. The van der Waals surface area contributed by atoms with E-state index in [0.717, 1.165) is 56.3 Å². The van der Waals surface area contributed by atoms with Crippen molar-refractivity contribution < 1.29 is 24.2 Å². The van der Waals surface area contributed by atoms with E-state index in [4.69, 9.17) is 27.5 Å². The number of halogens is 1. The summed E-state index contributed by atoms with van der Waals surface area (Å²) in [5.41, 5.74) is 0.513. The Morgan fingerprint density at radius 1 is 1.15 bits per heavy atom. The molecule has 1 aromatic rings. The maximum atomic E-state index is 13.0. The van der Waals surface area contributed by atoms with Gasteiger partial charge in [0.2, 0.25) is 11.5 Å². The highest BCUT2D eigenvalue weighted by atomic mass is 35.5. The molecule has 7 nitrogen and oxygen atoms in total. The smallest absolute Gasteiger partial charge is 0.343 e. The van der Waals surface area contributed by atoms with Crippen LogP contribution in [0.15, 0.2) is 53.5 Å². The first kappa shape index (κ1) is 30.3. The number of hydrogen-bond acceptors (Lipinski definition) is 6. The molecule has 0 saturated carbocycles. The van der Waals surface area contributed by atoms with E-state index in [1.165, 1.54) is 12.0 Å². The number of carbonyl (C=O) groups excluding carboxylic acids is 2. The first-order chi connectivity index (χ1) is 18.7. The Kier molecular flexibility index (Phi) is 11.1. The molecule has 8 heteroatoms. The van der Waals surface area contributed by atoms with Gasteiger partial charge in [-0.25, -0.2) is 4.79 Å². The van der Waals surface area contributed by atoms with Crippen LogP contribution in [-0.2, 0) is 32.1 Å². The molecule has 2 aliphatic heterocycles. The number of ether oxygens (including phenoxy) is 2. The zero-order valence-electron chi connectivity index (χ0n) is 23.2. The first-order valence-corrected chi connectivity index (χ1v) is 13.8. The maximum absolute atomic E-state index is 13.0. The van der Waals surface area contributed by atoms with Crippen molar-refractivity contribution in [1.82, 2.24) is 9.80 Å². The molecule has 2 heterocycles. The second-order valence-electron chi connectivity index (χ2n) is 10.0. The molecule has 3 rings (SSSR count). The lowest BCUT2D eigenvalue weighted by Gasteiger charge is -2.30. The van der Waals surface area contributed by atoms with Crippen molar-refractivity contribution in [3.63, 3.8) is 0 Å². The topological polar surface area (TPSA) is 79.3 Å². The van der Waals surface area contributed by atoms with Gasteiger partial charge in [0.25, 0.3) is 0 Å². The number of amides is 1. The zero-order valence-corrected chi connectivity index (χ0v) is 23.9. The molecule has 1 aromatic carbocycles. The molecular formula is C31H39ClN2O5. The number of esters is 1. The molecule has 0 saturated heterocycles. The van der Waals surface area contributed by atoms with Gasteiger partial charge in [-0.2, -0.15) is 0 Å². The second kappa shape index (κ2) is 14.3. The van der Waals surface area contributed by atoms with Crippen LogP contribution >= 0.6 is 11.6 Å². The normalized spacial score (nSPS) is 26.2. The summed E-state index contributed by atoms with van der Waals surface area (Å²) >= 11 is 6.27. The molecule has 0 aliphatic carbocycles. The van der Waals surface area contributed by atoms with Gasteiger partial charge in [0.15, 0.2) is 0 Å². The van der Waals surface area contributed by atoms with E-state index in [-0.39, 0.29) is 5.57 Å². The van der Waals surface area contributed by atoms with Gasteiger partial charge in [-0.3, -0.25) is 4.79 Å². The van der Waals surface area contributed by atoms with Crippen LogP contribution in [-0.4, -0.2) is 66.2 Å². The largest absolute Gasteiger partial charge is 0.491 e. The summed E-state index contributed by atoms with van der Waals surface area (Å²) < 4.78 is 11.2. The van der Waals surface area contributed by atoms with Crippen LogP contribution in [0.1, 0.15) is 56.6 Å². The van der Waals surface area contributed by atoms with Gasteiger partial charge in [0.05, 0.1) is 19.2 Å². The van der Waals surface area contributed by atoms with Gasteiger partial charge in [-0.15, -0.1) is 6.42 Å². The number of terminal acetylenes is 1. The number of fused-ring (bicyclic) bond motifs is 2. The number of aryl methyl sites for hydroxylation is 1. The Bertz CT molecular complexity index is 1180. The Morgan fingerprint density at radius 3 is 2.64 bits per heavy atom. The van der Waals surface area contributed by atoms with Gasteiger partial charge in [-0.1, -0.05) is 35.7 Å². The van der Waals surface area contributed by atoms with Gasteiger partial charge < -0.3 is 24.4 Å². The predicted octanol–water partition coefficient (Wildman–Crippen LogP) is 4.78. The van der Waals surface area contributed by atoms with E-state index in [2.05, 4.69) is 23.0 Å². The Labute approximate surface area is 237 Å². The van der Waals surface area contributed by atoms with Crippen molar-refractivity contribution in [3.05, 3.63) is 69.6 Å². The molecule has 39 heavy (non-hydrogen) atoms. The lowest BCUT2D eigenvalue weighted by molar-refractivity contribution is -0.161. The molecule has 1 atom stereocenters. The highest BCUT2D eigenvalue weighted by Gasteiger charge is 2.44. The molecule has 0 unspecified atom stereocenters. The number of allylic oxidation sites excluding steroid dienone is 3. The average Bonchev–Trinajstić information content (AvgIpc) is 2.94. The van der Waals surface area contributed by atoms with E-state index in [1.807, 2.05) is 25.1 Å². The number of aliphatic hydroxyl groups is 1. The Morgan fingerprint density at radius 2 is 1.90 bits per heavy atom. The summed E-state index contributed by atoms with van der Waals surface area (Å²) in [5, 5.41) is 12.3. The van der Waals surface area contributed by atoms with Gasteiger partial charge in [0.1, 0.15) is 12.4 Å². The van der Waals surface area contributed by atoms with Gasteiger partial charge in [0, 0.05) is 37.3 Å². The number of carbonyl (C=O) groups is 2. The van der Waals surface area contributed by atoms with Gasteiger partial charge in [-0.05, 0) is 74.8 Å². The molecule has 0 fully saturated rings. The number of rotatable bonds is 1. The van der Waals surface area contributed by atoms with Crippen molar-refractivity contribution in [2.24, 2.45) is 0 Å². The summed E-state index contributed by atoms with van der Waals surface area (Å²) in [7, 11) is 2.81. The molecule has 0 spiro atoms. The molecule has 1 N–H and O–H groups in total. The average molecular weight is 555 g/mol. The van der Waals surface area contributed by atoms with E-state index >= 15 is 0 Å². The lowest BCUT2D eigenvalue weighted by atomic mass is 9.88. The third-order valence-corrected chi connectivity index (χ3v) is 7.51. The lowest BCUT2D eigenvalue weighted by Crippen LogP contribution is -2.46. The zero-order chi connectivity index (χ0) is 28.4. The fraction of sp³-hybridized carbons (Fsp3) is 0.484. The minimum atomic E-state index is -2.32. The van der Waals surface area contributed by atoms with Crippen LogP contribution in [0.4, 0.5) is 0 Å². The maximum Gasteiger partial charge on any atom is 0.343 e. The fourth-order valence-electron chi connectivity index (χ4n) is 4.86. The quantitative estimate of drug-likeness (QED) is 0.306. The Hall–Kier alpha value is -3.21. The van der Waals surface area contributed by atoms with Crippen LogP contribution < -0.4 is 0 Å². The van der Waals surface area contributed by atoms with Crippen LogP contribution in [0.2, 0.25) is 5.02 Å². The number of methoxy groups -OCH3 is 1. The van der Waals surface area contributed by atoms with Crippen LogP contribution in [0, 0.1) is 12.3 Å². The van der Waals surface area contributed by atoms with Crippen molar-refractivity contribution in [2.75, 3.05) is 33.8 Å². The van der Waals surface area contributed by atoms with E-state index in [0.29, 0.717) is 36.1 Å². The first-order valence-electron chi connectivity index (χ1n) is 13.4. The van der Waals surface area contributed by atoms with Crippen LogP contribution in [0.25, 0.3) is 0 Å². The summed E-state index contributed by atoms with van der Waals surface area (Å²) in [6.45, 7) is 4.09. The van der Waals surface area contributed by atoms with Crippen molar-refractivity contribution in [3.8, 4) is 12.3 Å². The molecule has 210 valence electrons. The minimum absolute atomic E-state index is 0.0471. The summed E-state index contributed by atoms with van der Waals surface area (Å²) in [6, 6.07) is 5.83. The van der Waals surface area contributed by atoms with Crippen molar-refractivity contribution >= 4 is 23.5 Å². The van der Waals surface area contributed by atoms with Gasteiger partial charge >= 0.3 is 5.97 Å². The third kappa shape index (κ3) is 7.90. The number of nitrogens with zero attached hydrogens (tertiary/aromatic N) is 2. The Balaban J connectivity index is 2.13. The second-order valence-corrected chi connectivity index (χ2v) is 10.5. The molecule has 0 bridgehead atoms. The van der Waals surface area contributed by atoms with E-state index in [1.54, 1.807) is 13.1 Å². The molecule has 0 radical (unpaired) electrons. The number of hydrogen-bond donors (Lipinski definition) is 1. The van der Waals surface area contributed by atoms with E-state index < -0.39 is 23.9 Å².